The molecule has 0 saturated carbocycles. The average molecular weight is 1230 g/mol. The summed E-state index contributed by atoms with van der Waals surface area (Å²) < 4.78 is 23.6. The molecule has 0 saturated heterocycles. The Morgan fingerprint density at radius 1 is 0.207 bits per heavy atom. The first-order chi connectivity index (χ1) is 42.8. The van der Waals surface area contributed by atoms with Gasteiger partial charge in [0.25, 0.3) is 0 Å². The monoisotopic (exact) mass is 1230 g/mol. The number of hydrogen-bond donors (Lipinski definition) is 0. The van der Waals surface area contributed by atoms with Gasteiger partial charge < -0.3 is 18.9 Å². The number of carbonyl (C=O) groups is 4. The topological polar surface area (TPSA) is 105 Å². The highest BCUT2D eigenvalue weighted by molar-refractivity contribution is 5.92. The van der Waals surface area contributed by atoms with Gasteiger partial charge in [0.1, 0.15) is 0 Å². The van der Waals surface area contributed by atoms with Gasteiger partial charge in [0.05, 0.1) is 32.7 Å². The van der Waals surface area contributed by atoms with Crippen LogP contribution in [0, 0.1) is 0 Å². The predicted molar refractivity (Wildman–Crippen MR) is 374 cm³/mol. The summed E-state index contributed by atoms with van der Waals surface area (Å²) in [6, 6.07) is 0. The molecule has 8 heteroatoms. The molecule has 0 aromatic carbocycles. The second-order valence-corrected chi connectivity index (χ2v) is 27.4. The lowest BCUT2D eigenvalue weighted by molar-refractivity contribution is -0.191. The van der Waals surface area contributed by atoms with Crippen LogP contribution in [0.1, 0.15) is 458 Å². The van der Waals surface area contributed by atoms with Gasteiger partial charge in [0.15, 0.2) is 0 Å². The van der Waals surface area contributed by atoms with Crippen molar-refractivity contribution in [2.24, 2.45) is 0 Å². The molecule has 0 fully saturated rings. The van der Waals surface area contributed by atoms with Gasteiger partial charge in [-0.3, -0.25) is 14.4 Å². The lowest BCUT2D eigenvalue weighted by Gasteiger charge is -2.30. The second kappa shape index (κ2) is 71.3. The summed E-state index contributed by atoms with van der Waals surface area (Å²) in [7, 11) is 0. The van der Waals surface area contributed by atoms with E-state index in [1.807, 2.05) is 0 Å². The number of unbranched alkanes of at least 4 members (excludes halogenated alkanes) is 60. The molecule has 0 aliphatic heterocycles. The largest absolute Gasteiger partial charge is 0.466 e. The molecule has 0 atom stereocenters. The number of ether oxygens (including phenoxy) is 4. The highest BCUT2D eigenvalue weighted by Crippen LogP contribution is 2.28. The molecule has 0 rings (SSSR count). The van der Waals surface area contributed by atoms with Crippen LogP contribution in [0.15, 0.2) is 0 Å². The second-order valence-electron chi connectivity index (χ2n) is 27.4. The van der Waals surface area contributed by atoms with E-state index < -0.39 is 42.3 Å². The molecule has 0 unspecified atom stereocenters. The summed E-state index contributed by atoms with van der Waals surface area (Å²) in [5, 5.41) is 0. The minimum Gasteiger partial charge on any atom is -0.466 e. The Hall–Kier alpha value is -2.12. The highest BCUT2D eigenvalue weighted by atomic mass is 16.6. The fourth-order valence-corrected chi connectivity index (χ4v) is 12.6. The lowest BCUT2D eigenvalue weighted by atomic mass is 9.94. The summed E-state index contributed by atoms with van der Waals surface area (Å²) in [4.78, 5) is 55.8. The van der Waals surface area contributed by atoms with E-state index in [2.05, 4.69) is 27.7 Å². The first-order valence-electron chi connectivity index (χ1n) is 39.5. The Labute approximate surface area is 542 Å². The SMILES string of the molecule is CCCCCCCCCCCCCCCCCCOC(=O)CC(CC(=O)OCCCCCCCCCCCCCCCCCC)(OC(=O)CCCCCCCCCCCCCCCCCC)C(=O)OCCCCCCCCCCCCCCCCCC. The van der Waals surface area contributed by atoms with Crippen LogP contribution < -0.4 is 0 Å². The third kappa shape index (κ3) is 63.8. The van der Waals surface area contributed by atoms with Crippen LogP contribution in [0.2, 0.25) is 0 Å². The van der Waals surface area contributed by atoms with E-state index in [1.165, 1.54) is 321 Å². The molecule has 0 amide bonds. The molecule has 0 aromatic rings. The van der Waals surface area contributed by atoms with Gasteiger partial charge in [-0.25, -0.2) is 4.79 Å². The van der Waals surface area contributed by atoms with Gasteiger partial charge >= 0.3 is 23.9 Å². The minimum absolute atomic E-state index is 0.106. The third-order valence-electron chi connectivity index (χ3n) is 18.5. The molecule has 0 radical (unpaired) electrons. The van der Waals surface area contributed by atoms with Crippen LogP contribution in [0.3, 0.4) is 0 Å². The van der Waals surface area contributed by atoms with Crippen molar-refractivity contribution in [2.75, 3.05) is 19.8 Å². The van der Waals surface area contributed by atoms with Crippen molar-refractivity contribution in [3.8, 4) is 0 Å². The standard InChI is InChI=1S/C79H152O8/c1-5-9-13-17-21-25-29-33-37-41-45-49-53-57-61-65-69-75(80)87-79(78(83)86-72-68-64-60-56-52-48-44-40-36-32-28-24-20-16-12-8-4,73-76(81)84-70-66-62-58-54-50-46-42-38-34-30-26-22-18-14-10-6-2)74-77(82)85-71-67-63-59-55-51-47-43-39-35-31-27-23-19-15-11-7-3/h5-74H2,1-4H3. The smallest absolute Gasteiger partial charge is 0.351 e. The van der Waals surface area contributed by atoms with Gasteiger partial charge in [-0.05, 0) is 25.7 Å². The summed E-state index contributed by atoms with van der Waals surface area (Å²) in [5.74, 6) is -2.74. The van der Waals surface area contributed by atoms with E-state index in [9.17, 15) is 19.2 Å². The third-order valence-corrected chi connectivity index (χ3v) is 18.5. The van der Waals surface area contributed by atoms with Gasteiger partial charge in [0, 0.05) is 6.42 Å². The van der Waals surface area contributed by atoms with Crippen molar-refractivity contribution in [3.63, 3.8) is 0 Å². The van der Waals surface area contributed by atoms with Crippen LogP contribution in [-0.2, 0) is 38.1 Å². The van der Waals surface area contributed by atoms with E-state index in [4.69, 9.17) is 18.9 Å². The van der Waals surface area contributed by atoms with Crippen LogP contribution in [-0.4, -0.2) is 49.3 Å². The Balaban J connectivity index is 5.43. The van der Waals surface area contributed by atoms with Gasteiger partial charge in [-0.15, -0.1) is 0 Å². The molecule has 0 N–H and O–H groups in total. The zero-order chi connectivity index (χ0) is 63.1. The predicted octanol–water partition coefficient (Wildman–Crippen LogP) is 26.1. The molecule has 0 heterocycles. The van der Waals surface area contributed by atoms with Crippen LogP contribution >= 0.6 is 0 Å². The van der Waals surface area contributed by atoms with E-state index >= 15 is 0 Å². The molecule has 0 aliphatic rings. The van der Waals surface area contributed by atoms with E-state index in [-0.39, 0.29) is 26.2 Å². The average Bonchev–Trinajstić information content (AvgIpc) is 2.54. The van der Waals surface area contributed by atoms with Gasteiger partial charge in [-0.1, -0.05) is 413 Å². The normalized spacial score (nSPS) is 11.6. The molecule has 0 spiro atoms. The van der Waals surface area contributed by atoms with E-state index in [1.54, 1.807) is 0 Å². The molecule has 0 bridgehead atoms. The van der Waals surface area contributed by atoms with Crippen molar-refractivity contribution in [1.82, 2.24) is 0 Å². The molecular formula is C79H152O8. The quantitative estimate of drug-likeness (QED) is 0.0337. The van der Waals surface area contributed by atoms with Crippen molar-refractivity contribution < 1.29 is 38.1 Å². The summed E-state index contributed by atoms with van der Waals surface area (Å²) in [6.45, 7) is 9.69. The number of carbonyl (C=O) groups excluding carboxylic acids is 4. The fourth-order valence-electron chi connectivity index (χ4n) is 12.6. The maximum atomic E-state index is 14.4. The molecule has 8 nitrogen and oxygen atoms in total. The Bertz CT molecular complexity index is 1360. The highest BCUT2D eigenvalue weighted by Gasteiger charge is 2.49. The number of esters is 4. The Kier molecular flexibility index (Phi) is 69.6. The van der Waals surface area contributed by atoms with Gasteiger partial charge in [0.2, 0.25) is 5.60 Å². The maximum Gasteiger partial charge on any atom is 0.351 e. The van der Waals surface area contributed by atoms with Crippen LogP contribution in [0.25, 0.3) is 0 Å². The number of rotatable bonds is 74. The van der Waals surface area contributed by atoms with Crippen LogP contribution in [0.5, 0.6) is 0 Å². The molecule has 0 aliphatic carbocycles. The summed E-state index contributed by atoms with van der Waals surface area (Å²) in [6.07, 6.45) is 78.7. The zero-order valence-corrected chi connectivity index (χ0v) is 59.3. The summed E-state index contributed by atoms with van der Waals surface area (Å²) in [5.41, 5.74) is -2.14. The van der Waals surface area contributed by atoms with Gasteiger partial charge in [-0.2, -0.15) is 0 Å². The van der Waals surface area contributed by atoms with Crippen molar-refractivity contribution in [1.29, 1.82) is 0 Å². The zero-order valence-electron chi connectivity index (χ0n) is 59.3. The Morgan fingerprint density at radius 3 is 0.586 bits per heavy atom. The molecule has 516 valence electrons. The molecule has 87 heavy (non-hydrogen) atoms. The molecular weight excluding hydrogens is 1080 g/mol. The first kappa shape index (κ1) is 84.9. The number of hydrogen-bond acceptors (Lipinski definition) is 8. The maximum absolute atomic E-state index is 14.4. The van der Waals surface area contributed by atoms with E-state index in [0.29, 0.717) is 12.8 Å². The fraction of sp³-hybridized carbons (Fsp3) is 0.949. The van der Waals surface area contributed by atoms with E-state index in [0.717, 1.165) is 77.0 Å². The Morgan fingerprint density at radius 2 is 0.379 bits per heavy atom. The molecule has 0 aromatic heterocycles. The van der Waals surface area contributed by atoms with Crippen molar-refractivity contribution >= 4 is 23.9 Å². The van der Waals surface area contributed by atoms with Crippen molar-refractivity contribution in [3.05, 3.63) is 0 Å². The minimum atomic E-state index is -2.14. The van der Waals surface area contributed by atoms with Crippen LogP contribution in [0.4, 0.5) is 0 Å². The first-order valence-corrected chi connectivity index (χ1v) is 39.5. The van der Waals surface area contributed by atoms with Crippen molar-refractivity contribution in [2.45, 2.75) is 463 Å². The lowest BCUT2D eigenvalue weighted by Crippen LogP contribution is -2.48. The summed E-state index contributed by atoms with van der Waals surface area (Å²) >= 11 is 0.